The summed E-state index contributed by atoms with van der Waals surface area (Å²) < 4.78 is 2.29. The van der Waals surface area contributed by atoms with Gasteiger partial charge in [0.05, 0.1) is 5.52 Å². The lowest BCUT2D eigenvalue weighted by Crippen LogP contribution is -2.17. The molecule has 10 aromatic rings. The first-order valence-corrected chi connectivity index (χ1v) is 18.4. The van der Waals surface area contributed by atoms with E-state index < -0.39 is 0 Å². The predicted molar refractivity (Wildman–Crippen MR) is 221 cm³/mol. The Morgan fingerprint density at radius 1 is 0.463 bits per heavy atom. The van der Waals surface area contributed by atoms with E-state index in [1.807, 2.05) is 12.3 Å². The van der Waals surface area contributed by atoms with E-state index in [0.29, 0.717) is 17.5 Å². The van der Waals surface area contributed by atoms with Crippen molar-refractivity contribution in [1.29, 1.82) is 0 Å². The number of aromatic nitrogens is 5. The zero-order valence-corrected chi connectivity index (χ0v) is 29.8. The minimum atomic E-state index is -0.348. The first-order chi connectivity index (χ1) is 26.5. The Kier molecular flexibility index (Phi) is 6.53. The molecule has 0 amide bonds. The quantitative estimate of drug-likeness (QED) is 0.184. The average molecular weight is 692 g/mol. The molecule has 0 bridgehead atoms. The Hall–Kier alpha value is -6.98. The molecular weight excluding hydrogens is 659 g/mol. The molecule has 3 heterocycles. The van der Waals surface area contributed by atoms with Crippen LogP contribution >= 0.6 is 0 Å². The van der Waals surface area contributed by atoms with Crippen molar-refractivity contribution in [3.05, 3.63) is 175 Å². The first-order valence-electron chi connectivity index (χ1n) is 18.4. The highest BCUT2D eigenvalue weighted by Gasteiger charge is 2.39. The second-order valence-electron chi connectivity index (χ2n) is 14.7. The van der Waals surface area contributed by atoms with Crippen molar-refractivity contribution in [3.63, 3.8) is 0 Å². The average Bonchev–Trinajstić information content (AvgIpc) is 3.68. The van der Waals surface area contributed by atoms with E-state index in [9.17, 15) is 0 Å². The maximum atomic E-state index is 5.31. The van der Waals surface area contributed by atoms with Gasteiger partial charge in [-0.05, 0) is 80.2 Å². The molecule has 1 aliphatic rings. The maximum Gasteiger partial charge on any atom is 0.164 e. The van der Waals surface area contributed by atoms with Crippen LogP contribution < -0.4 is 0 Å². The topological polar surface area (TPSA) is 56.5 Å². The normalized spacial score (nSPS) is 13.1. The molecule has 11 rings (SSSR count). The molecule has 1 aliphatic carbocycles. The number of nitrogens with zero attached hydrogens (tertiary/aromatic N) is 5. The van der Waals surface area contributed by atoms with Gasteiger partial charge in [-0.3, -0.25) is 4.57 Å². The van der Waals surface area contributed by atoms with Gasteiger partial charge in [-0.2, -0.15) is 0 Å². The van der Waals surface area contributed by atoms with Crippen molar-refractivity contribution in [2.24, 2.45) is 0 Å². The van der Waals surface area contributed by atoms with Gasteiger partial charge in [0, 0.05) is 44.8 Å². The minimum absolute atomic E-state index is 0.348. The Balaban J connectivity index is 1.12. The molecule has 0 spiro atoms. The highest BCUT2D eigenvalue weighted by atomic mass is 15.0. The van der Waals surface area contributed by atoms with Gasteiger partial charge in [0.25, 0.3) is 0 Å². The third-order valence-corrected chi connectivity index (χ3v) is 11.3. The molecular formula is C49H33N5. The number of para-hydroxylation sites is 1. The lowest BCUT2D eigenvalue weighted by Gasteiger charge is -2.24. The van der Waals surface area contributed by atoms with Crippen molar-refractivity contribution in [3.8, 4) is 51.0 Å². The molecule has 0 saturated heterocycles. The van der Waals surface area contributed by atoms with Gasteiger partial charge in [0.2, 0.25) is 0 Å². The lowest BCUT2D eigenvalue weighted by molar-refractivity contribution is 0.660. The summed E-state index contributed by atoms with van der Waals surface area (Å²) in [5, 5.41) is 6.94. The van der Waals surface area contributed by atoms with Crippen LogP contribution in [0.1, 0.15) is 25.0 Å². The summed E-state index contributed by atoms with van der Waals surface area (Å²) in [6.45, 7) is 4.65. The van der Waals surface area contributed by atoms with E-state index in [-0.39, 0.29) is 5.41 Å². The summed E-state index contributed by atoms with van der Waals surface area (Å²) in [5.41, 5.74) is 10.7. The van der Waals surface area contributed by atoms with Crippen LogP contribution in [0.4, 0.5) is 0 Å². The van der Waals surface area contributed by atoms with Crippen molar-refractivity contribution in [1.82, 2.24) is 24.5 Å². The second-order valence-corrected chi connectivity index (χ2v) is 14.7. The summed E-state index contributed by atoms with van der Waals surface area (Å²) in [5.74, 6) is 1.98. The van der Waals surface area contributed by atoms with Crippen LogP contribution in [0.2, 0.25) is 0 Å². The summed E-state index contributed by atoms with van der Waals surface area (Å²) in [6.07, 6.45) is 1.88. The molecule has 0 radical (unpaired) electrons. The summed E-state index contributed by atoms with van der Waals surface area (Å²) in [6, 6.07) is 55.8. The molecule has 0 aliphatic heterocycles. The second kappa shape index (κ2) is 11.5. The Bertz CT molecular complexity index is 3100. The van der Waals surface area contributed by atoms with E-state index in [1.165, 1.54) is 33.0 Å². The van der Waals surface area contributed by atoms with Crippen LogP contribution in [0.15, 0.2) is 164 Å². The van der Waals surface area contributed by atoms with Gasteiger partial charge in [0.1, 0.15) is 5.65 Å². The Morgan fingerprint density at radius 2 is 1.13 bits per heavy atom. The van der Waals surface area contributed by atoms with Crippen LogP contribution in [-0.4, -0.2) is 24.5 Å². The van der Waals surface area contributed by atoms with E-state index in [4.69, 9.17) is 19.9 Å². The van der Waals surface area contributed by atoms with Gasteiger partial charge < -0.3 is 0 Å². The van der Waals surface area contributed by atoms with Gasteiger partial charge in [-0.15, -0.1) is 0 Å². The highest BCUT2D eigenvalue weighted by molar-refractivity contribution is 6.08. The van der Waals surface area contributed by atoms with Gasteiger partial charge in [-0.1, -0.05) is 135 Å². The number of benzene rings is 7. The molecule has 0 fully saturated rings. The summed E-state index contributed by atoms with van der Waals surface area (Å²) in [7, 11) is 0. The molecule has 0 atom stereocenters. The third kappa shape index (κ3) is 4.51. The van der Waals surface area contributed by atoms with Crippen LogP contribution in [-0.2, 0) is 5.41 Å². The predicted octanol–water partition coefficient (Wildman–Crippen LogP) is 12.0. The maximum absolute atomic E-state index is 5.31. The zero-order chi connectivity index (χ0) is 36.0. The minimum Gasteiger partial charge on any atom is -0.294 e. The van der Waals surface area contributed by atoms with Crippen LogP contribution in [0.5, 0.6) is 0 Å². The van der Waals surface area contributed by atoms with E-state index in [2.05, 4.69) is 170 Å². The summed E-state index contributed by atoms with van der Waals surface area (Å²) >= 11 is 0. The molecule has 5 nitrogen and oxygen atoms in total. The van der Waals surface area contributed by atoms with Gasteiger partial charge >= 0.3 is 0 Å². The fraction of sp³-hybridized carbons (Fsp3) is 0.0612. The highest BCUT2D eigenvalue weighted by Crippen LogP contribution is 2.52. The van der Waals surface area contributed by atoms with E-state index in [1.54, 1.807) is 0 Å². The van der Waals surface area contributed by atoms with Crippen molar-refractivity contribution >= 4 is 43.5 Å². The molecule has 7 aromatic carbocycles. The molecule has 0 saturated carbocycles. The number of pyridine rings is 1. The number of hydrogen-bond acceptors (Lipinski definition) is 4. The van der Waals surface area contributed by atoms with Crippen molar-refractivity contribution in [2.45, 2.75) is 19.3 Å². The standard InChI is InChI=1S/C49H33N5/c1-49(2)42-29-34(54-43-22-8-7-17-37(43)40-21-11-27-50-48(40)54)25-26-36(42)38-18-10-20-41(44(38)49)47-52-45(33-24-23-30-12-3-4-14-32(30)28-33)51-46(53-47)39-19-9-15-31-13-5-6-16-35(31)39/h3-29H,1-2H3. The molecule has 0 unspecified atom stereocenters. The fourth-order valence-corrected chi connectivity index (χ4v) is 8.75. The molecule has 54 heavy (non-hydrogen) atoms. The number of hydrogen-bond donors (Lipinski definition) is 0. The summed E-state index contributed by atoms with van der Waals surface area (Å²) in [4.78, 5) is 20.6. The SMILES string of the molecule is CC1(C)c2cc(-n3c4ccccc4c4cccnc43)ccc2-c2cccc(-c3nc(-c4ccc5ccccc5c4)nc(-c4cccc5ccccc45)n3)c21. The monoisotopic (exact) mass is 691 g/mol. The lowest BCUT2D eigenvalue weighted by atomic mass is 9.80. The zero-order valence-electron chi connectivity index (χ0n) is 29.8. The largest absolute Gasteiger partial charge is 0.294 e. The first kappa shape index (κ1) is 30.6. The van der Waals surface area contributed by atoms with Crippen LogP contribution in [0.3, 0.4) is 0 Å². The smallest absolute Gasteiger partial charge is 0.164 e. The van der Waals surface area contributed by atoms with Gasteiger partial charge in [-0.25, -0.2) is 19.9 Å². The molecule has 3 aromatic heterocycles. The van der Waals surface area contributed by atoms with E-state index in [0.717, 1.165) is 55.1 Å². The van der Waals surface area contributed by atoms with E-state index >= 15 is 0 Å². The fourth-order valence-electron chi connectivity index (χ4n) is 8.75. The van der Waals surface area contributed by atoms with Crippen LogP contribution in [0, 0.1) is 0 Å². The number of rotatable bonds is 4. The van der Waals surface area contributed by atoms with Crippen molar-refractivity contribution < 1.29 is 0 Å². The Labute approximate surface area is 312 Å². The third-order valence-electron chi connectivity index (χ3n) is 11.3. The van der Waals surface area contributed by atoms with Gasteiger partial charge in [0.15, 0.2) is 17.5 Å². The number of fused-ring (bicyclic) bond motifs is 8. The molecule has 254 valence electrons. The molecule has 0 N–H and O–H groups in total. The molecule has 5 heteroatoms. The van der Waals surface area contributed by atoms with Crippen LogP contribution in [0.25, 0.3) is 94.5 Å². The Morgan fingerprint density at radius 3 is 2.02 bits per heavy atom. The van der Waals surface area contributed by atoms with Crippen molar-refractivity contribution in [2.75, 3.05) is 0 Å².